The van der Waals surface area contributed by atoms with Gasteiger partial charge in [0, 0.05) is 11.3 Å². The van der Waals surface area contributed by atoms with Crippen LogP contribution in [0.1, 0.15) is 24.0 Å². The van der Waals surface area contributed by atoms with E-state index in [2.05, 4.69) is 15.5 Å². The van der Waals surface area contributed by atoms with Gasteiger partial charge in [-0.3, -0.25) is 9.89 Å². The zero-order valence-corrected chi connectivity index (χ0v) is 10.7. The summed E-state index contributed by atoms with van der Waals surface area (Å²) in [5.74, 6) is 0.691. The first-order valence-electron chi connectivity index (χ1n) is 6.29. The molecule has 0 atom stereocenters. The van der Waals surface area contributed by atoms with Gasteiger partial charge in [-0.25, -0.2) is 0 Å². The molecule has 1 aliphatic rings. The minimum atomic E-state index is -0.398. The molecule has 1 heterocycles. The Balaban J connectivity index is 1.83. The van der Waals surface area contributed by atoms with Crippen molar-refractivity contribution < 1.29 is 4.79 Å². The highest BCUT2D eigenvalue weighted by Gasteiger charge is 2.51. The summed E-state index contributed by atoms with van der Waals surface area (Å²) in [7, 11) is 0. The highest BCUT2D eigenvalue weighted by Crippen LogP contribution is 2.49. The molecule has 1 fully saturated rings. The fraction of sp³-hybridized carbons (Fsp3) is 0.286. The van der Waals surface area contributed by atoms with Gasteiger partial charge in [-0.2, -0.15) is 5.10 Å². The van der Waals surface area contributed by atoms with E-state index in [4.69, 9.17) is 5.73 Å². The molecule has 19 heavy (non-hydrogen) atoms. The largest absolute Gasteiger partial charge is 0.399 e. The Morgan fingerprint density at radius 1 is 1.37 bits per heavy atom. The number of nitrogen functional groups attached to an aromatic ring is 1. The number of H-pyrrole nitrogens is 1. The maximum Gasteiger partial charge on any atom is 0.236 e. The number of aromatic nitrogens is 2. The molecular weight excluding hydrogens is 240 g/mol. The van der Waals surface area contributed by atoms with Crippen LogP contribution in [0, 0.1) is 6.92 Å². The van der Waals surface area contributed by atoms with Crippen molar-refractivity contribution in [1.29, 1.82) is 0 Å². The number of carbonyl (C=O) groups excluding carboxylic acids is 1. The first kappa shape index (κ1) is 11.8. The number of nitrogens with one attached hydrogen (secondary N) is 2. The van der Waals surface area contributed by atoms with Crippen molar-refractivity contribution in [2.45, 2.75) is 25.2 Å². The number of nitrogens with two attached hydrogens (primary N) is 1. The minimum Gasteiger partial charge on any atom is -0.399 e. The van der Waals surface area contributed by atoms with Gasteiger partial charge in [0.25, 0.3) is 0 Å². The maximum absolute atomic E-state index is 12.4. The number of benzene rings is 1. The number of hydrogen-bond donors (Lipinski definition) is 3. The number of aromatic amines is 1. The zero-order chi connectivity index (χ0) is 13.5. The van der Waals surface area contributed by atoms with Gasteiger partial charge in [-0.05, 0) is 37.5 Å². The predicted octanol–water partition coefficient (Wildman–Crippen LogP) is 1.97. The number of rotatable bonds is 3. The van der Waals surface area contributed by atoms with Crippen LogP contribution < -0.4 is 11.1 Å². The summed E-state index contributed by atoms with van der Waals surface area (Å²) in [4.78, 5) is 12.4. The van der Waals surface area contributed by atoms with Gasteiger partial charge in [-0.1, -0.05) is 12.1 Å². The highest BCUT2D eigenvalue weighted by atomic mass is 16.2. The van der Waals surface area contributed by atoms with E-state index in [1.807, 2.05) is 31.2 Å². The molecule has 0 aliphatic heterocycles. The second kappa shape index (κ2) is 4.12. The third-order valence-corrected chi connectivity index (χ3v) is 3.72. The Bertz CT molecular complexity index is 611. The molecule has 1 amide bonds. The first-order valence-corrected chi connectivity index (χ1v) is 6.29. The average Bonchev–Trinajstić information content (AvgIpc) is 3.11. The topological polar surface area (TPSA) is 83.8 Å². The maximum atomic E-state index is 12.4. The van der Waals surface area contributed by atoms with Gasteiger partial charge in [-0.15, -0.1) is 0 Å². The average molecular weight is 256 g/mol. The molecule has 1 aliphatic carbocycles. The second-order valence-electron chi connectivity index (χ2n) is 5.09. The van der Waals surface area contributed by atoms with Crippen LogP contribution in [0.4, 0.5) is 11.5 Å². The van der Waals surface area contributed by atoms with E-state index in [1.165, 1.54) is 0 Å². The van der Waals surface area contributed by atoms with Crippen molar-refractivity contribution in [2.75, 3.05) is 11.1 Å². The van der Waals surface area contributed by atoms with Crippen LogP contribution in [0.25, 0.3) is 0 Å². The monoisotopic (exact) mass is 256 g/mol. The minimum absolute atomic E-state index is 0.0182. The van der Waals surface area contributed by atoms with Gasteiger partial charge in [0.15, 0.2) is 0 Å². The summed E-state index contributed by atoms with van der Waals surface area (Å²) in [6.07, 6.45) is 3.43. The standard InChI is InChI=1S/C14H16N4O/c1-9-8-16-18-12(9)17-13(19)14(6-7-14)10-2-4-11(15)5-3-10/h2-5,8H,6-7,15H2,1H3,(H2,16,17,18,19). The summed E-state index contributed by atoms with van der Waals surface area (Å²) in [6.45, 7) is 1.90. The predicted molar refractivity (Wildman–Crippen MR) is 73.7 cm³/mol. The molecule has 1 aromatic heterocycles. The first-order chi connectivity index (χ1) is 9.12. The van der Waals surface area contributed by atoms with Crippen LogP contribution in [0.3, 0.4) is 0 Å². The summed E-state index contributed by atoms with van der Waals surface area (Å²) in [6, 6.07) is 7.54. The summed E-state index contributed by atoms with van der Waals surface area (Å²) in [5, 5.41) is 9.62. The van der Waals surface area contributed by atoms with Crippen LogP contribution in [-0.2, 0) is 10.2 Å². The molecule has 1 saturated carbocycles. The third-order valence-electron chi connectivity index (χ3n) is 3.72. The molecule has 5 nitrogen and oxygen atoms in total. The lowest BCUT2D eigenvalue weighted by Crippen LogP contribution is -2.28. The van der Waals surface area contributed by atoms with Crippen LogP contribution in [0.2, 0.25) is 0 Å². The number of aryl methyl sites for hydroxylation is 1. The van der Waals surface area contributed by atoms with E-state index >= 15 is 0 Å². The van der Waals surface area contributed by atoms with Crippen LogP contribution in [-0.4, -0.2) is 16.1 Å². The Kier molecular flexibility index (Phi) is 2.55. The Morgan fingerprint density at radius 2 is 2.05 bits per heavy atom. The lowest BCUT2D eigenvalue weighted by Gasteiger charge is -2.15. The summed E-state index contributed by atoms with van der Waals surface area (Å²) >= 11 is 0. The molecule has 0 unspecified atom stereocenters. The molecule has 4 N–H and O–H groups in total. The van der Waals surface area contributed by atoms with Gasteiger partial charge >= 0.3 is 0 Å². The van der Waals surface area contributed by atoms with Crippen molar-refractivity contribution >= 4 is 17.4 Å². The van der Waals surface area contributed by atoms with Gasteiger partial charge in [0.05, 0.1) is 11.6 Å². The fourth-order valence-electron chi connectivity index (χ4n) is 2.28. The van der Waals surface area contributed by atoms with Crippen molar-refractivity contribution in [3.8, 4) is 0 Å². The normalized spacial score (nSPS) is 16.1. The Labute approximate surface area is 111 Å². The summed E-state index contributed by atoms with van der Waals surface area (Å²) in [5.41, 5.74) is 7.95. The third kappa shape index (κ3) is 1.97. The molecule has 98 valence electrons. The van der Waals surface area contributed by atoms with Crippen molar-refractivity contribution in [3.05, 3.63) is 41.6 Å². The molecule has 0 spiro atoms. The second-order valence-corrected chi connectivity index (χ2v) is 5.09. The lowest BCUT2D eigenvalue weighted by atomic mass is 9.95. The van der Waals surface area contributed by atoms with E-state index in [9.17, 15) is 4.79 Å². The van der Waals surface area contributed by atoms with E-state index in [0.717, 1.165) is 24.0 Å². The summed E-state index contributed by atoms with van der Waals surface area (Å²) < 4.78 is 0. The van der Waals surface area contributed by atoms with Gasteiger partial charge in [0.1, 0.15) is 5.82 Å². The van der Waals surface area contributed by atoms with E-state index in [1.54, 1.807) is 6.20 Å². The van der Waals surface area contributed by atoms with E-state index < -0.39 is 5.41 Å². The Hall–Kier alpha value is -2.30. The van der Waals surface area contributed by atoms with Gasteiger partial charge in [0.2, 0.25) is 5.91 Å². The molecule has 1 aromatic carbocycles. The molecule has 2 aromatic rings. The Morgan fingerprint density at radius 3 is 2.58 bits per heavy atom. The number of hydrogen-bond acceptors (Lipinski definition) is 3. The quantitative estimate of drug-likeness (QED) is 0.734. The lowest BCUT2D eigenvalue weighted by molar-refractivity contribution is -0.118. The SMILES string of the molecule is Cc1cn[nH]c1NC(=O)C1(c2ccc(N)cc2)CC1. The molecule has 3 rings (SSSR count). The number of nitrogens with zero attached hydrogens (tertiary/aromatic N) is 1. The van der Waals surface area contributed by atoms with E-state index in [-0.39, 0.29) is 5.91 Å². The molecular formula is C14H16N4O. The van der Waals surface area contributed by atoms with Gasteiger partial charge < -0.3 is 11.1 Å². The molecule has 0 saturated heterocycles. The fourth-order valence-corrected chi connectivity index (χ4v) is 2.28. The zero-order valence-electron chi connectivity index (χ0n) is 10.7. The van der Waals surface area contributed by atoms with Crippen molar-refractivity contribution in [3.63, 3.8) is 0 Å². The van der Waals surface area contributed by atoms with Crippen LogP contribution in [0.5, 0.6) is 0 Å². The smallest absolute Gasteiger partial charge is 0.236 e. The van der Waals surface area contributed by atoms with Crippen LogP contribution >= 0.6 is 0 Å². The molecule has 0 radical (unpaired) electrons. The van der Waals surface area contributed by atoms with Crippen LogP contribution in [0.15, 0.2) is 30.5 Å². The van der Waals surface area contributed by atoms with Crippen molar-refractivity contribution in [2.24, 2.45) is 0 Å². The highest BCUT2D eigenvalue weighted by molar-refractivity contribution is 6.01. The molecule has 5 heteroatoms. The number of amides is 1. The van der Waals surface area contributed by atoms with E-state index in [0.29, 0.717) is 11.5 Å². The number of carbonyl (C=O) groups is 1. The number of anilines is 2. The molecule has 0 bridgehead atoms. The van der Waals surface area contributed by atoms with Crippen molar-refractivity contribution in [1.82, 2.24) is 10.2 Å².